The van der Waals surface area contributed by atoms with Crippen LogP contribution in [-0.2, 0) is 12.4 Å². The van der Waals surface area contributed by atoms with E-state index >= 15 is 0 Å². The van der Waals surface area contributed by atoms with Crippen LogP contribution in [0.25, 0.3) is 89.2 Å². The molecule has 7 aromatic carbocycles. The lowest BCUT2D eigenvalue weighted by molar-refractivity contribution is -0.138. The van der Waals surface area contributed by atoms with Crippen molar-refractivity contribution >= 4 is 43.6 Å². The second-order valence-electron chi connectivity index (χ2n) is 15.2. The Labute approximate surface area is 369 Å². The summed E-state index contributed by atoms with van der Waals surface area (Å²) in [5.74, 6) is -0.803. The van der Waals surface area contributed by atoms with Gasteiger partial charge in [0.2, 0.25) is 0 Å². The molecule has 0 saturated carbocycles. The van der Waals surface area contributed by atoms with E-state index in [0.717, 1.165) is 24.3 Å². The third kappa shape index (κ3) is 6.76. The Hall–Kier alpha value is -9.31. The van der Waals surface area contributed by atoms with Gasteiger partial charge in [0.05, 0.1) is 91.1 Å². The molecular weight excluding hydrogens is 853 g/mol. The van der Waals surface area contributed by atoms with E-state index in [1.165, 1.54) is 12.1 Å². The fraction of sp³-hybridized carbons (Fsp3) is 0.0392. The summed E-state index contributed by atoms with van der Waals surface area (Å²) in [5, 5.41) is 42.1. The van der Waals surface area contributed by atoms with Crippen LogP contribution in [-0.4, -0.2) is 24.1 Å². The summed E-state index contributed by atoms with van der Waals surface area (Å²) < 4.78 is 92.0. The average molecular weight is 876 g/mol. The summed E-state index contributed by atoms with van der Waals surface area (Å²) in [6.45, 7) is 0. The first-order valence-corrected chi connectivity index (χ1v) is 19.8. The van der Waals surface area contributed by atoms with E-state index in [0.29, 0.717) is 49.2 Å². The molecule has 0 aliphatic rings. The van der Waals surface area contributed by atoms with Crippen LogP contribution in [0.2, 0.25) is 0 Å². The number of rotatable bonds is 5. The number of nitrogens with zero attached hydrogens (tertiary/aromatic N) is 9. The van der Waals surface area contributed by atoms with Gasteiger partial charge in [-0.2, -0.15) is 47.4 Å². The highest BCUT2D eigenvalue weighted by Gasteiger charge is 2.34. The molecule has 0 aliphatic heterocycles. The molecule has 0 N–H and O–H groups in total. The van der Waals surface area contributed by atoms with Crippen molar-refractivity contribution in [1.29, 1.82) is 21.0 Å². The molecule has 0 amide bonds. The van der Waals surface area contributed by atoms with Crippen LogP contribution in [0.15, 0.2) is 140 Å². The summed E-state index contributed by atoms with van der Waals surface area (Å²) >= 11 is 0. The van der Waals surface area contributed by atoms with Crippen molar-refractivity contribution in [2.24, 2.45) is 0 Å². The summed E-state index contributed by atoms with van der Waals surface area (Å²) in [5.41, 5.74) is 0.473. The van der Waals surface area contributed by atoms with Gasteiger partial charge in [-0.15, -0.1) is 0 Å². The number of fused-ring (bicyclic) bond motifs is 6. The van der Waals surface area contributed by atoms with E-state index in [1.807, 2.05) is 0 Å². The standard InChI is InChI=1S/C51H23F6N9/c52-50(53,54)33-10-16-41(65-43-18-28(24-58)6-12-35(43)36-13-7-29(25-59)19-44(36)65)39(22-33)48-62-47(32-4-2-1-3-5-32)63-49(64-48)40-23-34(51(55,56)57)11-17-42(40)66-45-20-30(26-60)8-14-37(45)38-15-9-31(27-61)21-46(38)66/h1-23H. The predicted octanol–water partition coefficient (Wildman–Crippen LogP) is 12.6. The van der Waals surface area contributed by atoms with Gasteiger partial charge in [-0.05, 0) is 84.9 Å². The van der Waals surface area contributed by atoms with Crippen molar-refractivity contribution in [3.05, 3.63) is 173 Å². The van der Waals surface area contributed by atoms with Crippen LogP contribution in [0.5, 0.6) is 0 Å². The van der Waals surface area contributed by atoms with E-state index in [4.69, 9.17) is 15.0 Å². The molecule has 10 aromatic rings. The Kier molecular flexibility index (Phi) is 9.38. The Morgan fingerprint density at radius 3 is 1.03 bits per heavy atom. The zero-order valence-corrected chi connectivity index (χ0v) is 33.6. The molecule has 0 radical (unpaired) electrons. The Morgan fingerprint density at radius 1 is 0.379 bits per heavy atom. The first-order valence-electron chi connectivity index (χ1n) is 19.8. The van der Waals surface area contributed by atoms with E-state index in [-0.39, 0.29) is 62.2 Å². The molecule has 314 valence electrons. The molecule has 9 nitrogen and oxygen atoms in total. The largest absolute Gasteiger partial charge is 0.416 e. The number of aromatic nitrogens is 5. The van der Waals surface area contributed by atoms with Crippen LogP contribution in [0.3, 0.4) is 0 Å². The smallest absolute Gasteiger partial charge is 0.308 e. The van der Waals surface area contributed by atoms with Crippen LogP contribution < -0.4 is 0 Å². The van der Waals surface area contributed by atoms with Crippen LogP contribution in [0.1, 0.15) is 33.4 Å². The molecule has 66 heavy (non-hydrogen) atoms. The molecule has 0 saturated heterocycles. The molecule has 0 spiro atoms. The van der Waals surface area contributed by atoms with Crippen LogP contribution in [0.4, 0.5) is 26.3 Å². The maximum absolute atomic E-state index is 14.8. The molecule has 0 fully saturated rings. The highest BCUT2D eigenvalue weighted by molar-refractivity contribution is 6.11. The average Bonchev–Trinajstić information content (AvgIpc) is 3.83. The van der Waals surface area contributed by atoms with Gasteiger partial charge in [-0.1, -0.05) is 54.6 Å². The van der Waals surface area contributed by atoms with Gasteiger partial charge in [0.15, 0.2) is 17.5 Å². The van der Waals surface area contributed by atoms with Crippen LogP contribution in [0, 0.1) is 45.3 Å². The molecule has 3 aromatic heterocycles. The lowest BCUT2D eigenvalue weighted by Crippen LogP contribution is -2.10. The zero-order valence-electron chi connectivity index (χ0n) is 33.6. The molecule has 10 rings (SSSR count). The van der Waals surface area contributed by atoms with Gasteiger partial charge in [0.25, 0.3) is 0 Å². The predicted molar refractivity (Wildman–Crippen MR) is 234 cm³/mol. The molecular formula is C51H23F6N9. The highest BCUT2D eigenvalue weighted by atomic mass is 19.4. The third-order valence-corrected chi connectivity index (χ3v) is 11.3. The number of hydrogen-bond donors (Lipinski definition) is 0. The quantitative estimate of drug-likeness (QED) is 0.157. The Morgan fingerprint density at radius 2 is 0.712 bits per heavy atom. The minimum Gasteiger partial charge on any atom is -0.308 e. The van der Waals surface area contributed by atoms with Gasteiger partial charge in [-0.25, -0.2) is 15.0 Å². The van der Waals surface area contributed by atoms with E-state index in [2.05, 4.69) is 24.3 Å². The fourth-order valence-corrected chi connectivity index (χ4v) is 8.34. The molecule has 0 atom stereocenters. The van der Waals surface area contributed by atoms with Gasteiger partial charge in [0, 0.05) is 38.2 Å². The van der Waals surface area contributed by atoms with Crippen molar-refractivity contribution in [3.8, 4) is 69.8 Å². The van der Waals surface area contributed by atoms with Crippen molar-refractivity contribution in [2.45, 2.75) is 12.4 Å². The molecule has 0 aliphatic carbocycles. The monoisotopic (exact) mass is 875 g/mol. The lowest BCUT2D eigenvalue weighted by atomic mass is 10.0. The third-order valence-electron chi connectivity index (χ3n) is 11.3. The lowest BCUT2D eigenvalue weighted by Gasteiger charge is -2.19. The zero-order chi connectivity index (χ0) is 46.1. The first-order chi connectivity index (χ1) is 31.8. The van der Waals surface area contributed by atoms with Gasteiger partial charge in [-0.3, -0.25) is 0 Å². The van der Waals surface area contributed by atoms with Crippen LogP contribution >= 0.6 is 0 Å². The number of nitriles is 4. The van der Waals surface area contributed by atoms with Crippen molar-refractivity contribution in [2.75, 3.05) is 0 Å². The van der Waals surface area contributed by atoms with E-state index in [1.54, 1.807) is 112 Å². The molecule has 15 heteroatoms. The molecule has 3 heterocycles. The SMILES string of the molecule is N#Cc1ccc2c3ccc(C#N)cc3n(-c3ccc(C(F)(F)F)cc3-c3nc(-c4ccccc4)nc(-c4cc(C(F)(F)F)ccc4-n4c5cc(C#N)ccc5c5ccc(C#N)cc54)n3)c2c1. The number of hydrogen-bond acceptors (Lipinski definition) is 7. The number of halogens is 6. The summed E-state index contributed by atoms with van der Waals surface area (Å²) in [7, 11) is 0. The summed E-state index contributed by atoms with van der Waals surface area (Å²) in [6, 6.07) is 41.9. The molecule has 0 bridgehead atoms. The van der Waals surface area contributed by atoms with Gasteiger partial charge >= 0.3 is 12.4 Å². The van der Waals surface area contributed by atoms with Gasteiger partial charge in [0.1, 0.15) is 0 Å². The summed E-state index contributed by atoms with van der Waals surface area (Å²) in [6.07, 6.45) is -9.77. The molecule has 0 unspecified atom stereocenters. The number of alkyl halides is 6. The maximum Gasteiger partial charge on any atom is 0.416 e. The normalized spacial score (nSPS) is 11.7. The fourth-order valence-electron chi connectivity index (χ4n) is 8.34. The Balaban J connectivity index is 1.34. The van der Waals surface area contributed by atoms with Crippen molar-refractivity contribution < 1.29 is 26.3 Å². The van der Waals surface area contributed by atoms with Crippen molar-refractivity contribution in [3.63, 3.8) is 0 Å². The minimum absolute atomic E-state index is 0.0871. The topological polar surface area (TPSA) is 144 Å². The maximum atomic E-state index is 14.8. The van der Waals surface area contributed by atoms with Gasteiger partial charge < -0.3 is 9.13 Å². The minimum atomic E-state index is -4.89. The summed E-state index contributed by atoms with van der Waals surface area (Å²) in [4.78, 5) is 14.2. The van der Waals surface area contributed by atoms with E-state index in [9.17, 15) is 47.4 Å². The number of benzene rings is 7. The first kappa shape index (κ1) is 40.7. The Bertz CT molecular complexity index is 3480. The highest BCUT2D eigenvalue weighted by Crippen LogP contribution is 2.43. The van der Waals surface area contributed by atoms with E-state index < -0.39 is 23.5 Å². The second-order valence-corrected chi connectivity index (χ2v) is 15.2. The van der Waals surface area contributed by atoms with Crippen molar-refractivity contribution in [1.82, 2.24) is 24.1 Å². The second kappa shape index (κ2) is 15.2.